The molecule has 1 aliphatic heterocycles. The van der Waals surface area contributed by atoms with Crippen LogP contribution in [0.5, 0.6) is 5.75 Å². The molecular formula is C17H12BrF3N6O2. The Morgan fingerprint density at radius 3 is 2.72 bits per heavy atom. The number of anilines is 2. The van der Waals surface area contributed by atoms with Gasteiger partial charge in [0, 0.05) is 0 Å². The van der Waals surface area contributed by atoms with E-state index in [9.17, 15) is 18.0 Å². The van der Waals surface area contributed by atoms with Crippen LogP contribution in [0, 0.1) is 0 Å². The van der Waals surface area contributed by atoms with Crippen LogP contribution in [0.25, 0.3) is 5.82 Å². The first-order valence-corrected chi connectivity index (χ1v) is 9.07. The van der Waals surface area contributed by atoms with Crippen LogP contribution in [0.1, 0.15) is 5.56 Å². The zero-order chi connectivity index (χ0) is 20.6. The highest BCUT2D eigenvalue weighted by atomic mass is 79.9. The maximum Gasteiger partial charge on any atom is 0.420 e. The molecule has 8 nitrogen and oxygen atoms in total. The van der Waals surface area contributed by atoms with E-state index in [1.165, 1.54) is 17.3 Å². The van der Waals surface area contributed by atoms with Gasteiger partial charge in [0.2, 0.25) is 0 Å². The highest BCUT2D eigenvalue weighted by Crippen LogP contribution is 2.38. The first kappa shape index (κ1) is 19.2. The van der Waals surface area contributed by atoms with E-state index in [0.717, 1.165) is 17.1 Å². The summed E-state index contributed by atoms with van der Waals surface area (Å²) >= 11 is 3.35. The maximum atomic E-state index is 13.5. The molecule has 0 unspecified atom stereocenters. The van der Waals surface area contributed by atoms with Crippen molar-refractivity contribution in [1.82, 2.24) is 20.0 Å². The molecule has 1 aliphatic rings. The first-order valence-electron chi connectivity index (χ1n) is 8.28. The van der Waals surface area contributed by atoms with Gasteiger partial charge in [0.15, 0.2) is 11.6 Å². The molecule has 0 fully saturated rings. The molecule has 0 bridgehead atoms. The number of amides is 2. The number of hydrogen-bond acceptors (Lipinski definition) is 5. The van der Waals surface area contributed by atoms with E-state index in [1.807, 2.05) is 0 Å². The molecule has 0 radical (unpaired) electrons. The van der Waals surface area contributed by atoms with Gasteiger partial charge in [0.25, 0.3) is 0 Å². The minimum atomic E-state index is -4.72. The Morgan fingerprint density at radius 1 is 1.24 bits per heavy atom. The SMILES string of the molecule is O=C(Nc1cnc(-n2nccn2)c(C(F)(F)F)c1)N1CCOc2c(Br)cccc21. The van der Waals surface area contributed by atoms with Crippen LogP contribution in [0.2, 0.25) is 0 Å². The Labute approximate surface area is 170 Å². The number of rotatable bonds is 2. The van der Waals surface area contributed by atoms with Crippen LogP contribution < -0.4 is 15.0 Å². The fourth-order valence-corrected chi connectivity index (χ4v) is 3.30. The van der Waals surface area contributed by atoms with Crippen molar-refractivity contribution in [2.45, 2.75) is 6.18 Å². The van der Waals surface area contributed by atoms with Crippen LogP contribution in [0.3, 0.4) is 0 Å². The minimum absolute atomic E-state index is 0.110. The zero-order valence-electron chi connectivity index (χ0n) is 14.5. The minimum Gasteiger partial charge on any atom is -0.488 e. The molecule has 1 aromatic carbocycles. The second-order valence-corrected chi connectivity index (χ2v) is 6.78. The van der Waals surface area contributed by atoms with Crippen molar-refractivity contribution < 1.29 is 22.7 Å². The number of pyridine rings is 1. The summed E-state index contributed by atoms with van der Waals surface area (Å²) < 4.78 is 46.7. The normalized spacial score (nSPS) is 13.6. The summed E-state index contributed by atoms with van der Waals surface area (Å²) in [6.45, 7) is 0.489. The summed E-state index contributed by atoms with van der Waals surface area (Å²) in [5.74, 6) is 0.00394. The van der Waals surface area contributed by atoms with Crippen molar-refractivity contribution in [1.29, 1.82) is 0 Å². The third-order valence-electron chi connectivity index (χ3n) is 4.07. The van der Waals surface area contributed by atoms with Crippen molar-refractivity contribution in [2.24, 2.45) is 0 Å². The number of aromatic nitrogens is 4. The summed E-state index contributed by atoms with van der Waals surface area (Å²) in [6, 6.07) is 5.37. The maximum absolute atomic E-state index is 13.5. The molecule has 0 spiro atoms. The number of nitrogens with one attached hydrogen (secondary N) is 1. The van der Waals surface area contributed by atoms with Crippen LogP contribution in [-0.2, 0) is 6.18 Å². The lowest BCUT2D eigenvalue weighted by Crippen LogP contribution is -2.40. The summed E-state index contributed by atoms with van der Waals surface area (Å²) in [6.07, 6.45) is -1.11. The van der Waals surface area contributed by atoms with Gasteiger partial charge in [-0.3, -0.25) is 4.90 Å². The van der Waals surface area contributed by atoms with E-state index in [2.05, 4.69) is 36.4 Å². The molecule has 2 amide bonds. The second kappa shape index (κ2) is 7.35. The molecule has 29 heavy (non-hydrogen) atoms. The number of nitrogens with zero attached hydrogens (tertiary/aromatic N) is 5. The summed E-state index contributed by atoms with van der Waals surface area (Å²) in [5.41, 5.74) is -0.678. The fraction of sp³-hybridized carbons (Fsp3) is 0.176. The largest absolute Gasteiger partial charge is 0.488 e. The van der Waals surface area contributed by atoms with Crippen LogP contribution in [0.4, 0.5) is 29.3 Å². The van der Waals surface area contributed by atoms with Gasteiger partial charge in [-0.05, 0) is 34.1 Å². The average Bonchev–Trinajstić information content (AvgIpc) is 3.22. The van der Waals surface area contributed by atoms with Crippen LogP contribution in [0.15, 0.2) is 47.3 Å². The van der Waals surface area contributed by atoms with Crippen molar-refractivity contribution in [2.75, 3.05) is 23.4 Å². The van der Waals surface area contributed by atoms with E-state index in [0.29, 0.717) is 15.9 Å². The van der Waals surface area contributed by atoms with Crippen molar-refractivity contribution in [3.63, 3.8) is 0 Å². The summed E-state index contributed by atoms with van der Waals surface area (Å²) in [7, 11) is 0. The molecule has 0 saturated carbocycles. The third-order valence-corrected chi connectivity index (χ3v) is 4.70. The molecule has 150 valence electrons. The topological polar surface area (TPSA) is 85.2 Å². The van der Waals surface area contributed by atoms with Gasteiger partial charge < -0.3 is 10.1 Å². The summed E-state index contributed by atoms with van der Waals surface area (Å²) in [4.78, 5) is 18.7. The van der Waals surface area contributed by atoms with Crippen molar-refractivity contribution in [3.8, 4) is 11.6 Å². The van der Waals surface area contributed by atoms with Gasteiger partial charge in [-0.1, -0.05) is 6.07 Å². The quantitative estimate of drug-likeness (QED) is 0.616. The number of carbonyl (C=O) groups is 1. The number of hydrogen-bond donors (Lipinski definition) is 1. The number of carbonyl (C=O) groups excluding carboxylic acids is 1. The lowest BCUT2D eigenvalue weighted by molar-refractivity contribution is -0.137. The van der Waals surface area contributed by atoms with Gasteiger partial charge in [0.05, 0.1) is 41.0 Å². The monoisotopic (exact) mass is 468 g/mol. The Hall–Kier alpha value is -3.15. The lowest BCUT2D eigenvalue weighted by Gasteiger charge is -2.30. The number of para-hydroxylation sites is 1. The predicted octanol–water partition coefficient (Wildman–Crippen LogP) is 3.87. The molecule has 3 heterocycles. The number of fused-ring (bicyclic) bond motifs is 1. The van der Waals surface area contributed by atoms with Crippen molar-refractivity contribution >= 4 is 33.3 Å². The molecule has 12 heteroatoms. The van der Waals surface area contributed by atoms with Gasteiger partial charge in [-0.15, -0.1) is 4.80 Å². The van der Waals surface area contributed by atoms with Gasteiger partial charge >= 0.3 is 12.2 Å². The van der Waals surface area contributed by atoms with Gasteiger partial charge in [0.1, 0.15) is 12.2 Å². The van der Waals surface area contributed by atoms with Crippen molar-refractivity contribution in [3.05, 3.63) is 52.9 Å². The lowest BCUT2D eigenvalue weighted by atomic mass is 10.2. The number of alkyl halides is 3. The Balaban J connectivity index is 1.64. The van der Waals surface area contributed by atoms with E-state index in [1.54, 1.807) is 18.2 Å². The number of halogens is 4. The van der Waals surface area contributed by atoms with E-state index in [4.69, 9.17) is 4.74 Å². The smallest absolute Gasteiger partial charge is 0.420 e. The Kier molecular flexibility index (Phi) is 4.86. The molecule has 0 aliphatic carbocycles. The molecule has 4 rings (SSSR count). The van der Waals surface area contributed by atoms with Gasteiger partial charge in [-0.2, -0.15) is 23.4 Å². The highest BCUT2D eigenvalue weighted by Gasteiger charge is 2.36. The molecule has 2 aromatic heterocycles. The van der Waals surface area contributed by atoms with E-state index >= 15 is 0 Å². The van der Waals surface area contributed by atoms with E-state index in [-0.39, 0.29) is 18.8 Å². The van der Waals surface area contributed by atoms with Gasteiger partial charge in [-0.25, -0.2) is 9.78 Å². The highest BCUT2D eigenvalue weighted by molar-refractivity contribution is 9.10. The summed E-state index contributed by atoms with van der Waals surface area (Å²) in [5, 5.41) is 9.83. The Bertz CT molecular complexity index is 1060. The molecule has 0 saturated heterocycles. The molecular weight excluding hydrogens is 457 g/mol. The Morgan fingerprint density at radius 2 is 2.00 bits per heavy atom. The first-order chi connectivity index (χ1) is 13.8. The number of urea groups is 1. The predicted molar refractivity (Wildman–Crippen MR) is 100 cm³/mol. The third kappa shape index (κ3) is 3.75. The fourth-order valence-electron chi connectivity index (χ4n) is 2.83. The van der Waals surface area contributed by atoms with Crippen LogP contribution in [-0.4, -0.2) is 39.2 Å². The van der Waals surface area contributed by atoms with E-state index < -0.39 is 23.6 Å². The molecule has 0 atom stereocenters. The second-order valence-electron chi connectivity index (χ2n) is 5.93. The zero-order valence-corrected chi connectivity index (χ0v) is 16.1. The molecule has 3 aromatic rings. The standard InChI is InChI=1S/C17H12BrF3N6O2/c18-12-2-1-3-13-14(12)29-7-6-26(13)16(28)25-10-8-11(17(19,20)21)15(22-9-10)27-23-4-5-24-27/h1-5,8-9H,6-7H2,(H,25,28). The molecule has 1 N–H and O–H groups in total. The number of ether oxygens (including phenoxy) is 1. The average molecular weight is 469 g/mol. The number of benzene rings is 1. The van der Waals surface area contributed by atoms with Crippen LogP contribution >= 0.6 is 15.9 Å².